The minimum Gasteiger partial charge on any atom is -0.394 e. The average molecular weight is 257 g/mol. The topological polar surface area (TPSA) is 52.7 Å². The van der Waals surface area contributed by atoms with Crippen LogP contribution in [-0.4, -0.2) is 65.8 Å². The molecule has 0 aromatic heterocycles. The highest BCUT2D eigenvalue weighted by molar-refractivity contribution is 4.82. The van der Waals surface area contributed by atoms with Crippen molar-refractivity contribution >= 4 is 0 Å². The van der Waals surface area contributed by atoms with Crippen molar-refractivity contribution in [2.75, 3.05) is 39.3 Å². The maximum Gasteiger partial charge on any atom is 0.0611 e. The van der Waals surface area contributed by atoms with Gasteiger partial charge in [-0.3, -0.25) is 4.90 Å². The average Bonchev–Trinajstić information content (AvgIpc) is 2.39. The summed E-state index contributed by atoms with van der Waals surface area (Å²) in [6, 6.07) is 0.665. The predicted molar refractivity (Wildman–Crippen MR) is 76.7 cm³/mol. The molecular weight excluding hydrogens is 226 g/mol. The maximum atomic E-state index is 9.27. The van der Waals surface area contributed by atoms with E-state index in [1.165, 1.54) is 26.2 Å². The molecule has 1 atom stereocenters. The molecule has 1 rings (SSSR count). The van der Waals surface area contributed by atoms with Crippen molar-refractivity contribution in [1.29, 1.82) is 0 Å². The van der Waals surface area contributed by atoms with Gasteiger partial charge < -0.3 is 15.7 Å². The lowest BCUT2D eigenvalue weighted by Crippen LogP contribution is -2.49. The molecule has 3 N–H and O–H groups in total. The Bertz CT molecular complexity index is 221. The summed E-state index contributed by atoms with van der Waals surface area (Å²) >= 11 is 0. The van der Waals surface area contributed by atoms with E-state index in [1.54, 1.807) is 0 Å². The largest absolute Gasteiger partial charge is 0.394 e. The van der Waals surface area contributed by atoms with Crippen LogP contribution in [0.4, 0.5) is 0 Å². The molecule has 0 radical (unpaired) electrons. The van der Waals surface area contributed by atoms with Crippen LogP contribution >= 0.6 is 0 Å². The third kappa shape index (κ3) is 4.84. The van der Waals surface area contributed by atoms with E-state index in [0.29, 0.717) is 6.04 Å². The molecule has 4 heteroatoms. The van der Waals surface area contributed by atoms with Gasteiger partial charge in [0.2, 0.25) is 0 Å². The van der Waals surface area contributed by atoms with Crippen molar-refractivity contribution in [2.45, 2.75) is 51.6 Å². The summed E-state index contributed by atoms with van der Waals surface area (Å²) in [6.45, 7) is 12.5. The molecule has 108 valence electrons. The minimum atomic E-state index is -0.361. The lowest BCUT2D eigenvalue weighted by atomic mass is 9.92. The molecule has 0 bridgehead atoms. The first-order valence-electron chi connectivity index (χ1n) is 7.37. The number of hydrogen-bond donors (Lipinski definition) is 2. The third-order valence-corrected chi connectivity index (χ3v) is 4.31. The Morgan fingerprint density at radius 3 is 2.28 bits per heavy atom. The zero-order valence-corrected chi connectivity index (χ0v) is 12.4. The van der Waals surface area contributed by atoms with Gasteiger partial charge in [-0.2, -0.15) is 0 Å². The van der Waals surface area contributed by atoms with Crippen molar-refractivity contribution in [3.05, 3.63) is 0 Å². The van der Waals surface area contributed by atoms with Crippen molar-refractivity contribution in [2.24, 2.45) is 5.73 Å². The molecule has 0 aliphatic carbocycles. The number of aliphatic hydroxyl groups is 1. The molecular formula is C14H31N3O. The van der Waals surface area contributed by atoms with Crippen LogP contribution in [0.2, 0.25) is 0 Å². The summed E-state index contributed by atoms with van der Waals surface area (Å²) in [5, 5.41) is 9.27. The summed E-state index contributed by atoms with van der Waals surface area (Å²) in [4.78, 5) is 5.05. The number of nitrogens with zero attached hydrogens (tertiary/aromatic N) is 2. The van der Waals surface area contributed by atoms with Gasteiger partial charge in [0.15, 0.2) is 0 Å². The van der Waals surface area contributed by atoms with E-state index in [2.05, 4.69) is 30.6 Å². The Labute approximate surface area is 112 Å². The Morgan fingerprint density at radius 1 is 1.22 bits per heavy atom. The van der Waals surface area contributed by atoms with E-state index in [0.717, 1.165) is 25.8 Å². The van der Waals surface area contributed by atoms with Gasteiger partial charge in [0, 0.05) is 37.8 Å². The number of nitrogens with two attached hydrogens (primary N) is 1. The van der Waals surface area contributed by atoms with E-state index >= 15 is 0 Å². The normalized spacial score (nSPS) is 22.3. The maximum absolute atomic E-state index is 9.27. The SMILES string of the molecule is CCC(N)(CO)CCCN1CCN(C(C)C)CC1. The molecule has 1 fully saturated rings. The Hall–Kier alpha value is -0.160. The van der Waals surface area contributed by atoms with Crippen LogP contribution in [0.5, 0.6) is 0 Å². The minimum absolute atomic E-state index is 0.102. The summed E-state index contributed by atoms with van der Waals surface area (Å²) in [5.41, 5.74) is 5.74. The molecule has 1 saturated heterocycles. The Morgan fingerprint density at radius 2 is 1.83 bits per heavy atom. The second-order valence-electron chi connectivity index (χ2n) is 5.95. The highest BCUT2D eigenvalue weighted by Gasteiger charge is 2.22. The lowest BCUT2D eigenvalue weighted by molar-refractivity contribution is 0.103. The first kappa shape index (κ1) is 15.9. The summed E-state index contributed by atoms with van der Waals surface area (Å²) < 4.78 is 0. The van der Waals surface area contributed by atoms with Crippen LogP contribution in [0.25, 0.3) is 0 Å². The Balaban J connectivity index is 2.18. The third-order valence-electron chi connectivity index (χ3n) is 4.31. The van der Waals surface area contributed by atoms with Crippen molar-refractivity contribution in [3.63, 3.8) is 0 Å². The number of rotatable bonds is 7. The van der Waals surface area contributed by atoms with Crippen LogP contribution in [0.3, 0.4) is 0 Å². The van der Waals surface area contributed by atoms with Gasteiger partial charge in [-0.05, 0) is 39.7 Å². The highest BCUT2D eigenvalue weighted by Crippen LogP contribution is 2.14. The van der Waals surface area contributed by atoms with E-state index in [1.807, 2.05) is 0 Å². The standard InChI is InChI=1S/C14H31N3O/c1-4-14(15,12-18)6-5-7-16-8-10-17(11-9-16)13(2)3/h13,18H,4-12,15H2,1-3H3. The van der Waals surface area contributed by atoms with E-state index < -0.39 is 0 Å². The molecule has 0 amide bonds. The molecule has 1 aliphatic heterocycles. The molecule has 1 aliphatic rings. The number of hydrogen-bond acceptors (Lipinski definition) is 4. The van der Waals surface area contributed by atoms with Crippen LogP contribution in [0.1, 0.15) is 40.0 Å². The first-order valence-corrected chi connectivity index (χ1v) is 7.37. The number of piperazine rings is 1. The molecule has 0 spiro atoms. The second-order valence-corrected chi connectivity index (χ2v) is 5.95. The molecule has 0 aromatic carbocycles. The van der Waals surface area contributed by atoms with Gasteiger partial charge in [-0.1, -0.05) is 6.92 Å². The van der Waals surface area contributed by atoms with Crippen LogP contribution in [0, 0.1) is 0 Å². The van der Waals surface area contributed by atoms with Crippen LogP contribution in [0.15, 0.2) is 0 Å². The van der Waals surface area contributed by atoms with Gasteiger partial charge in [0.25, 0.3) is 0 Å². The van der Waals surface area contributed by atoms with Gasteiger partial charge in [-0.25, -0.2) is 0 Å². The fourth-order valence-electron chi connectivity index (χ4n) is 2.53. The fraction of sp³-hybridized carbons (Fsp3) is 1.00. The molecule has 1 unspecified atom stereocenters. The Kier molecular flexibility index (Phi) is 6.57. The van der Waals surface area contributed by atoms with E-state index in [-0.39, 0.29) is 12.1 Å². The van der Waals surface area contributed by atoms with Gasteiger partial charge >= 0.3 is 0 Å². The monoisotopic (exact) mass is 257 g/mol. The summed E-state index contributed by atoms with van der Waals surface area (Å²) in [6.07, 6.45) is 2.86. The molecule has 0 aromatic rings. The zero-order chi connectivity index (χ0) is 13.6. The van der Waals surface area contributed by atoms with Crippen molar-refractivity contribution in [1.82, 2.24) is 9.80 Å². The fourth-order valence-corrected chi connectivity index (χ4v) is 2.53. The van der Waals surface area contributed by atoms with Crippen LogP contribution in [-0.2, 0) is 0 Å². The van der Waals surface area contributed by atoms with Crippen molar-refractivity contribution < 1.29 is 5.11 Å². The lowest BCUT2D eigenvalue weighted by Gasteiger charge is -2.37. The molecule has 4 nitrogen and oxygen atoms in total. The predicted octanol–water partition coefficient (Wildman–Crippen LogP) is 0.892. The van der Waals surface area contributed by atoms with E-state index in [9.17, 15) is 5.11 Å². The molecule has 0 saturated carbocycles. The summed E-state index contributed by atoms with van der Waals surface area (Å²) in [5.74, 6) is 0. The molecule has 18 heavy (non-hydrogen) atoms. The van der Waals surface area contributed by atoms with Gasteiger partial charge in [0.1, 0.15) is 0 Å². The highest BCUT2D eigenvalue weighted by atomic mass is 16.3. The van der Waals surface area contributed by atoms with Gasteiger partial charge in [0.05, 0.1) is 6.61 Å². The number of aliphatic hydroxyl groups excluding tert-OH is 1. The quantitative estimate of drug-likeness (QED) is 0.711. The van der Waals surface area contributed by atoms with Crippen LogP contribution < -0.4 is 5.73 Å². The smallest absolute Gasteiger partial charge is 0.0611 e. The first-order chi connectivity index (χ1) is 8.50. The van der Waals surface area contributed by atoms with Crippen molar-refractivity contribution in [3.8, 4) is 0 Å². The molecule has 1 heterocycles. The van der Waals surface area contributed by atoms with E-state index in [4.69, 9.17) is 5.73 Å². The zero-order valence-electron chi connectivity index (χ0n) is 12.4. The van der Waals surface area contributed by atoms with Gasteiger partial charge in [-0.15, -0.1) is 0 Å². The summed E-state index contributed by atoms with van der Waals surface area (Å²) in [7, 11) is 0. The second kappa shape index (κ2) is 7.43.